The van der Waals surface area contributed by atoms with E-state index in [9.17, 15) is 34.8 Å². The minimum atomic E-state index is -0.964. The van der Waals surface area contributed by atoms with Crippen molar-refractivity contribution in [2.24, 2.45) is 0 Å². The van der Waals surface area contributed by atoms with Crippen LogP contribution in [-0.4, -0.2) is 180 Å². The predicted molar refractivity (Wildman–Crippen MR) is 225 cm³/mol. The number of carbonyl (C=O) groups is 3. The number of quaternary nitrogens is 1. The molecule has 0 bridgehead atoms. The second-order valence-electron chi connectivity index (χ2n) is 16.6. The molecule has 3 rings (SSSR count). The molecule has 0 radical (unpaired) electrons. The summed E-state index contributed by atoms with van der Waals surface area (Å²) in [7, 11) is 0. The Morgan fingerprint density at radius 3 is 1.57 bits per heavy atom. The topological polar surface area (TPSA) is 164 Å². The van der Waals surface area contributed by atoms with Gasteiger partial charge in [0, 0.05) is 65.6 Å². The molecular formula is C44H78N5O9+. The Morgan fingerprint density at radius 2 is 1.03 bits per heavy atom. The number of aliphatic hydroxyl groups excluding tert-OH is 1. The second-order valence-corrected chi connectivity index (χ2v) is 16.6. The van der Waals surface area contributed by atoms with E-state index in [1.807, 2.05) is 28.0 Å². The van der Waals surface area contributed by atoms with Crippen molar-refractivity contribution in [3.63, 3.8) is 0 Å². The summed E-state index contributed by atoms with van der Waals surface area (Å²) in [4.78, 5) is 42.2. The summed E-state index contributed by atoms with van der Waals surface area (Å²) in [5.74, 6) is -2.80. The van der Waals surface area contributed by atoms with Crippen LogP contribution < -0.4 is 0 Å². The molecule has 4 N–H and O–H groups in total. The number of β-amino-alcohol motifs (C(OH)–C–C–N with tert-alkyl or cyclic N) is 1. The monoisotopic (exact) mass is 821 g/mol. The van der Waals surface area contributed by atoms with E-state index in [0.29, 0.717) is 72.1 Å². The molecule has 14 heteroatoms. The van der Waals surface area contributed by atoms with E-state index in [1.165, 1.54) is 56.9 Å². The van der Waals surface area contributed by atoms with E-state index < -0.39 is 24.0 Å². The molecule has 0 aromatic heterocycles. The lowest BCUT2D eigenvalue weighted by molar-refractivity contribution is -1.03. The molecule has 0 spiro atoms. The Balaban J connectivity index is 1.57. The first-order valence-corrected chi connectivity index (χ1v) is 22.5. The summed E-state index contributed by atoms with van der Waals surface area (Å²) in [5, 5.41) is 43.4. The first-order valence-electron chi connectivity index (χ1n) is 22.5. The Kier molecular flexibility index (Phi) is 26.0. The van der Waals surface area contributed by atoms with Gasteiger partial charge in [-0.2, -0.15) is 5.01 Å². The molecular weight excluding hydrogens is 743 g/mol. The van der Waals surface area contributed by atoms with Crippen LogP contribution in [-0.2, 0) is 30.5 Å². The van der Waals surface area contributed by atoms with Crippen molar-refractivity contribution in [3.05, 3.63) is 35.9 Å². The van der Waals surface area contributed by atoms with Crippen LogP contribution >= 0.6 is 0 Å². The number of hydrogen-bond donors (Lipinski definition) is 4. The Bertz CT molecular complexity index is 1240. The van der Waals surface area contributed by atoms with E-state index >= 15 is 0 Å². The van der Waals surface area contributed by atoms with Gasteiger partial charge >= 0.3 is 17.9 Å². The molecule has 0 aliphatic carbocycles. The number of nitrogens with zero attached hydrogens (tertiary/aromatic N) is 5. The van der Waals surface area contributed by atoms with Gasteiger partial charge in [0.05, 0.1) is 39.0 Å². The SMILES string of the molecule is O=C(O)CN1CCN(CC(=O)O)CC[N+](CC(=O)O)(N2CCCCCCCCCCC2)CCN(CC(O)COCCCCCCCCCOCc2ccccc2)CC1. The zero-order valence-corrected chi connectivity index (χ0v) is 35.6. The zero-order chi connectivity index (χ0) is 41.7. The normalized spacial score (nSPS) is 21.5. The van der Waals surface area contributed by atoms with Gasteiger partial charge in [-0.15, -0.1) is 0 Å². The van der Waals surface area contributed by atoms with Crippen LogP contribution in [0.4, 0.5) is 0 Å². The molecule has 2 saturated heterocycles. The lowest BCUT2D eigenvalue weighted by Crippen LogP contribution is -2.67. The van der Waals surface area contributed by atoms with Crippen molar-refractivity contribution < 1.29 is 48.9 Å². The van der Waals surface area contributed by atoms with E-state index in [0.717, 1.165) is 71.1 Å². The van der Waals surface area contributed by atoms with Crippen molar-refractivity contribution in [1.29, 1.82) is 0 Å². The molecule has 0 saturated carbocycles. The molecule has 58 heavy (non-hydrogen) atoms. The van der Waals surface area contributed by atoms with Gasteiger partial charge in [0.25, 0.3) is 0 Å². The third kappa shape index (κ3) is 22.6. The summed E-state index contributed by atoms with van der Waals surface area (Å²) in [6.07, 6.45) is 17.3. The predicted octanol–water partition coefficient (Wildman–Crippen LogP) is 5.04. The van der Waals surface area contributed by atoms with Crippen LogP contribution in [0.2, 0.25) is 0 Å². The van der Waals surface area contributed by atoms with Gasteiger partial charge in [0.15, 0.2) is 6.54 Å². The molecule has 2 heterocycles. The molecule has 0 amide bonds. The second kappa shape index (κ2) is 30.4. The van der Waals surface area contributed by atoms with Gasteiger partial charge in [0.1, 0.15) is 13.1 Å². The maximum Gasteiger partial charge on any atom is 0.361 e. The fourth-order valence-electron chi connectivity index (χ4n) is 8.33. The third-order valence-electron chi connectivity index (χ3n) is 11.7. The Labute approximate surface area is 348 Å². The third-order valence-corrected chi connectivity index (χ3v) is 11.7. The molecule has 2 unspecified atom stereocenters. The van der Waals surface area contributed by atoms with Gasteiger partial charge in [-0.1, -0.05) is 107 Å². The molecule has 14 nitrogen and oxygen atoms in total. The Hall–Kier alpha value is -2.69. The molecule has 332 valence electrons. The fraction of sp³-hybridized carbons (Fsp3) is 0.795. The van der Waals surface area contributed by atoms with Gasteiger partial charge in [0.2, 0.25) is 0 Å². The van der Waals surface area contributed by atoms with Crippen LogP contribution in [0.3, 0.4) is 0 Å². The number of carboxylic acids is 3. The maximum absolute atomic E-state index is 12.7. The molecule has 1 aromatic carbocycles. The summed E-state index contributed by atoms with van der Waals surface area (Å²) in [6.45, 7) is 7.06. The quantitative estimate of drug-likeness (QED) is 0.0859. The molecule has 2 aliphatic heterocycles. The van der Waals surface area contributed by atoms with Crippen LogP contribution in [0.1, 0.15) is 108 Å². The maximum atomic E-state index is 12.7. The minimum Gasteiger partial charge on any atom is -0.480 e. The average molecular weight is 821 g/mol. The number of hydrogen-bond acceptors (Lipinski definition) is 10. The van der Waals surface area contributed by atoms with Crippen LogP contribution in [0.5, 0.6) is 0 Å². The van der Waals surface area contributed by atoms with E-state index in [1.54, 1.807) is 0 Å². The molecule has 2 aliphatic rings. The number of benzene rings is 1. The molecule has 2 atom stereocenters. The van der Waals surface area contributed by atoms with Crippen molar-refractivity contribution in [2.75, 3.05) is 111 Å². The molecule has 1 aromatic rings. The lowest BCUT2D eigenvalue weighted by Gasteiger charge is -2.47. The fourth-order valence-corrected chi connectivity index (χ4v) is 8.33. The lowest BCUT2D eigenvalue weighted by atomic mass is 10.1. The summed E-state index contributed by atoms with van der Waals surface area (Å²) in [5.41, 5.74) is 1.21. The smallest absolute Gasteiger partial charge is 0.361 e. The highest BCUT2D eigenvalue weighted by atomic mass is 16.5. The number of ether oxygens (including phenoxy) is 2. The highest BCUT2D eigenvalue weighted by Crippen LogP contribution is 2.21. The minimum absolute atomic E-state index is 0.102. The van der Waals surface area contributed by atoms with Crippen molar-refractivity contribution >= 4 is 17.9 Å². The highest BCUT2D eigenvalue weighted by molar-refractivity contribution is 5.69. The van der Waals surface area contributed by atoms with Crippen molar-refractivity contribution in [2.45, 2.75) is 115 Å². The van der Waals surface area contributed by atoms with Gasteiger partial charge in [-0.05, 0) is 31.2 Å². The zero-order valence-electron chi connectivity index (χ0n) is 35.6. The standard InChI is InChI=1S/C44H77N5O9/c50-41(39-58-33-19-12-8-4-7-11-18-32-57-38-40-20-14-13-15-21-40)34-46-26-24-45(35-42(51)52)25-27-47(36-43(53)54)29-31-49(30-28-46,37-44(55)56)48-22-16-9-5-2-1-3-6-10-17-23-48/h13-15,20-21,41,50H,1-12,16-19,22-39H2,(H2-,51,52,53,54,55,56)/p+1. The highest BCUT2D eigenvalue weighted by Gasteiger charge is 2.39. The number of unbranched alkanes of at least 4 members (excludes halogenated alkanes) is 6. The summed E-state index contributed by atoms with van der Waals surface area (Å²) in [6, 6.07) is 10.2. The van der Waals surface area contributed by atoms with E-state index in [2.05, 4.69) is 22.0 Å². The number of aliphatic carboxylic acids is 3. The first-order chi connectivity index (χ1) is 28.1. The summed E-state index contributed by atoms with van der Waals surface area (Å²) >= 11 is 0. The number of rotatable bonds is 23. The molecule has 2 fully saturated rings. The Morgan fingerprint density at radius 1 is 0.569 bits per heavy atom. The first kappa shape index (κ1) is 49.7. The van der Waals surface area contributed by atoms with Crippen molar-refractivity contribution in [1.82, 2.24) is 19.7 Å². The van der Waals surface area contributed by atoms with Crippen LogP contribution in [0.15, 0.2) is 30.3 Å². The van der Waals surface area contributed by atoms with Crippen LogP contribution in [0, 0.1) is 0 Å². The van der Waals surface area contributed by atoms with Gasteiger partial charge in [-0.25, -0.2) is 9.39 Å². The average Bonchev–Trinajstić information content (AvgIpc) is 3.17. The van der Waals surface area contributed by atoms with Gasteiger partial charge < -0.3 is 29.9 Å². The number of carboxylic acid groups (broad SMARTS) is 3. The summed E-state index contributed by atoms with van der Waals surface area (Å²) < 4.78 is 11.9. The van der Waals surface area contributed by atoms with Gasteiger partial charge in [-0.3, -0.25) is 24.3 Å². The van der Waals surface area contributed by atoms with Crippen LogP contribution in [0.25, 0.3) is 0 Å². The van der Waals surface area contributed by atoms with E-state index in [4.69, 9.17) is 9.47 Å². The number of aliphatic hydroxyl groups is 1. The van der Waals surface area contributed by atoms with Crippen molar-refractivity contribution in [3.8, 4) is 0 Å². The van der Waals surface area contributed by atoms with E-state index in [-0.39, 0.29) is 30.8 Å². The largest absolute Gasteiger partial charge is 0.480 e.